The normalized spacial score (nSPS) is 13.6. The van der Waals surface area contributed by atoms with Crippen LogP contribution in [0.25, 0.3) is 0 Å². The maximum atomic E-state index is 13.4. The van der Waals surface area contributed by atoms with Crippen LogP contribution in [0.4, 0.5) is 0 Å². The number of carboxylic acid groups (broad SMARTS) is 2. The number of carbonyl (C=O) groups excluding carboxylic acids is 6. The predicted octanol–water partition coefficient (Wildman–Crippen LogP) is -3.60. The summed E-state index contributed by atoms with van der Waals surface area (Å²) in [6.07, 6.45) is 3.08. The molecule has 20 nitrogen and oxygen atoms in total. The molecule has 0 saturated carbocycles. The molecule has 0 spiro atoms. The number of benzene rings is 1. The Kier molecular flexibility index (Phi) is 17.9. The van der Waals surface area contributed by atoms with E-state index in [0.29, 0.717) is 30.6 Å². The highest BCUT2D eigenvalue weighted by Crippen LogP contribution is 2.07. The smallest absolute Gasteiger partial charge is 0.326 e. The van der Waals surface area contributed by atoms with E-state index >= 15 is 0 Å². The lowest BCUT2D eigenvalue weighted by molar-refractivity contribution is -0.147. The number of amides is 6. The molecule has 6 amide bonds. The van der Waals surface area contributed by atoms with Crippen LogP contribution in [0.1, 0.15) is 43.9 Å². The number of carboxylic acids is 2. The van der Waals surface area contributed by atoms with Gasteiger partial charge in [-0.15, -0.1) is 0 Å². The van der Waals surface area contributed by atoms with E-state index in [1.54, 1.807) is 30.3 Å². The average Bonchev–Trinajstić information content (AvgIpc) is 3.61. The predicted molar refractivity (Wildman–Crippen MR) is 183 cm³/mol. The van der Waals surface area contributed by atoms with Gasteiger partial charge >= 0.3 is 11.9 Å². The number of aliphatic carboxylic acids is 2. The van der Waals surface area contributed by atoms with E-state index in [9.17, 15) is 43.5 Å². The van der Waals surface area contributed by atoms with E-state index in [0.717, 1.165) is 0 Å². The lowest BCUT2D eigenvalue weighted by atomic mass is 10.0. The number of rotatable bonds is 23. The average molecular weight is 731 g/mol. The van der Waals surface area contributed by atoms with Crippen LogP contribution in [0, 0.1) is 0 Å². The first kappa shape index (κ1) is 42.3. The van der Waals surface area contributed by atoms with Crippen molar-refractivity contribution in [3.05, 3.63) is 54.1 Å². The number of carbonyl (C=O) groups is 8. The number of H-pyrrole nitrogens is 1. The lowest BCUT2D eigenvalue weighted by Crippen LogP contribution is -2.57. The van der Waals surface area contributed by atoms with E-state index < -0.39 is 97.1 Å². The molecule has 0 aliphatic heterocycles. The van der Waals surface area contributed by atoms with Crippen molar-refractivity contribution in [2.45, 2.75) is 75.7 Å². The van der Waals surface area contributed by atoms with Gasteiger partial charge in [0.2, 0.25) is 35.4 Å². The number of nitrogens with two attached hydrogens (primary N) is 2. The van der Waals surface area contributed by atoms with Gasteiger partial charge in [-0.3, -0.25) is 33.6 Å². The number of imidazole rings is 1. The van der Waals surface area contributed by atoms with Gasteiger partial charge in [0, 0.05) is 24.7 Å². The molecule has 0 aliphatic carbocycles. The second kappa shape index (κ2) is 22.0. The van der Waals surface area contributed by atoms with E-state index in [1.165, 1.54) is 19.4 Å². The molecule has 52 heavy (non-hydrogen) atoms. The summed E-state index contributed by atoms with van der Waals surface area (Å²) < 4.78 is 0. The van der Waals surface area contributed by atoms with Crippen LogP contribution in [0.5, 0.6) is 0 Å². The van der Waals surface area contributed by atoms with Gasteiger partial charge in [-0.05, 0) is 38.3 Å². The first-order valence-electron chi connectivity index (χ1n) is 16.4. The number of hydrogen-bond donors (Lipinski definition) is 11. The topological polar surface area (TPSA) is 330 Å². The van der Waals surface area contributed by atoms with Crippen LogP contribution in [-0.4, -0.2) is 117 Å². The van der Waals surface area contributed by atoms with Gasteiger partial charge in [0.1, 0.15) is 24.2 Å². The van der Waals surface area contributed by atoms with Crippen molar-refractivity contribution in [1.29, 1.82) is 0 Å². The summed E-state index contributed by atoms with van der Waals surface area (Å²) in [6, 6.07) is 2.10. The molecule has 0 fully saturated rings. The molecule has 0 saturated heterocycles. The molecule has 5 atom stereocenters. The zero-order chi connectivity index (χ0) is 38.6. The molecule has 20 heteroatoms. The Morgan fingerprint density at radius 1 is 0.769 bits per heavy atom. The summed E-state index contributed by atoms with van der Waals surface area (Å²) in [5.74, 6) is -7.63. The van der Waals surface area contributed by atoms with Crippen molar-refractivity contribution in [2.24, 2.45) is 11.5 Å². The Hall–Kier alpha value is -5.89. The highest BCUT2D eigenvalue weighted by molar-refractivity contribution is 5.95. The molecule has 2 rings (SSSR count). The summed E-state index contributed by atoms with van der Waals surface area (Å²) in [7, 11) is 0. The number of aromatic nitrogens is 2. The number of hydrogen-bond acceptors (Lipinski definition) is 11. The SMILES string of the molecule is CC(NC(=O)C(N)Cc1cnc[nH]1)C(=O)NCC(=O)NCC(=O)NC(CCCCN)C(=O)NC(Cc1ccccc1)C(=O)NC(CC(=O)O)C(=O)O. The molecule has 0 bridgehead atoms. The summed E-state index contributed by atoms with van der Waals surface area (Å²) in [4.78, 5) is 106. The first-order chi connectivity index (χ1) is 24.7. The molecule has 2 aromatic rings. The summed E-state index contributed by atoms with van der Waals surface area (Å²) in [5.41, 5.74) is 12.7. The van der Waals surface area contributed by atoms with E-state index in [2.05, 4.69) is 41.9 Å². The minimum Gasteiger partial charge on any atom is -0.481 e. The third kappa shape index (κ3) is 15.8. The maximum Gasteiger partial charge on any atom is 0.326 e. The standard InChI is InChI=1S/C32H46N10O10/c1-18(39-29(48)21(34)12-20-14-35-17-38-20)28(47)37-15-25(43)36-16-26(44)40-22(9-5-6-10-33)30(49)41-23(11-19-7-3-2-4-8-19)31(50)42-24(32(51)52)13-27(45)46/h2-4,7-8,14,17-18,21-24H,5-6,9-13,15-16,33-34H2,1H3,(H,35,38)(H,36,43)(H,37,47)(H,39,48)(H,40,44)(H,41,49)(H,42,50)(H,45,46)(H,51,52). The van der Waals surface area contributed by atoms with Crippen LogP contribution in [0.3, 0.4) is 0 Å². The van der Waals surface area contributed by atoms with Gasteiger partial charge in [-0.2, -0.15) is 0 Å². The van der Waals surface area contributed by atoms with Crippen molar-refractivity contribution < 1.29 is 48.6 Å². The largest absolute Gasteiger partial charge is 0.481 e. The first-order valence-corrected chi connectivity index (χ1v) is 16.4. The summed E-state index contributed by atoms with van der Waals surface area (Å²) in [5, 5.41) is 32.7. The maximum absolute atomic E-state index is 13.4. The number of aromatic amines is 1. The fourth-order valence-corrected chi connectivity index (χ4v) is 4.66. The van der Waals surface area contributed by atoms with Gasteiger partial charge < -0.3 is 58.6 Å². The molecule has 13 N–H and O–H groups in total. The van der Waals surface area contributed by atoms with Crippen molar-refractivity contribution >= 4 is 47.4 Å². The van der Waals surface area contributed by atoms with Crippen molar-refractivity contribution in [3.63, 3.8) is 0 Å². The summed E-state index contributed by atoms with van der Waals surface area (Å²) in [6.45, 7) is 0.561. The van der Waals surface area contributed by atoms with Crippen LogP contribution >= 0.6 is 0 Å². The van der Waals surface area contributed by atoms with Crippen LogP contribution in [0.15, 0.2) is 42.9 Å². The lowest BCUT2D eigenvalue weighted by Gasteiger charge is -2.24. The van der Waals surface area contributed by atoms with Crippen LogP contribution in [-0.2, 0) is 51.2 Å². The highest BCUT2D eigenvalue weighted by Gasteiger charge is 2.31. The second-order valence-corrected chi connectivity index (χ2v) is 11.8. The van der Waals surface area contributed by atoms with Crippen molar-refractivity contribution in [2.75, 3.05) is 19.6 Å². The minimum atomic E-state index is -1.77. The Labute approximate surface area is 298 Å². The highest BCUT2D eigenvalue weighted by atomic mass is 16.4. The summed E-state index contributed by atoms with van der Waals surface area (Å²) >= 11 is 0. The van der Waals surface area contributed by atoms with Crippen molar-refractivity contribution in [3.8, 4) is 0 Å². The molecule has 1 heterocycles. The molecule has 0 aliphatic rings. The van der Waals surface area contributed by atoms with Gasteiger partial charge in [0.25, 0.3) is 0 Å². The monoisotopic (exact) mass is 730 g/mol. The fraction of sp³-hybridized carbons (Fsp3) is 0.469. The zero-order valence-corrected chi connectivity index (χ0v) is 28.6. The van der Waals surface area contributed by atoms with Gasteiger partial charge in [-0.25, -0.2) is 9.78 Å². The zero-order valence-electron chi connectivity index (χ0n) is 28.6. The molecule has 1 aromatic heterocycles. The van der Waals surface area contributed by atoms with Gasteiger partial charge in [0.05, 0.1) is 31.9 Å². The van der Waals surface area contributed by atoms with E-state index in [1.807, 2.05) is 0 Å². The van der Waals surface area contributed by atoms with Crippen LogP contribution in [0.2, 0.25) is 0 Å². The third-order valence-electron chi connectivity index (χ3n) is 7.46. The number of nitrogens with zero attached hydrogens (tertiary/aromatic N) is 1. The molecule has 5 unspecified atom stereocenters. The Balaban J connectivity index is 1.97. The second-order valence-electron chi connectivity index (χ2n) is 11.8. The van der Waals surface area contributed by atoms with E-state index in [-0.39, 0.29) is 19.3 Å². The number of unbranched alkanes of at least 4 members (excludes halogenated alkanes) is 1. The Morgan fingerprint density at radius 2 is 1.42 bits per heavy atom. The van der Waals surface area contributed by atoms with Gasteiger partial charge in [-0.1, -0.05) is 30.3 Å². The Bertz CT molecular complexity index is 1520. The minimum absolute atomic E-state index is 0.0877. The molecular weight excluding hydrogens is 684 g/mol. The van der Waals surface area contributed by atoms with Crippen molar-refractivity contribution in [1.82, 2.24) is 41.9 Å². The Morgan fingerprint density at radius 3 is 2.04 bits per heavy atom. The quantitative estimate of drug-likeness (QED) is 0.0493. The molecular formula is C32H46N10O10. The van der Waals surface area contributed by atoms with Crippen LogP contribution < -0.4 is 43.4 Å². The van der Waals surface area contributed by atoms with E-state index in [4.69, 9.17) is 16.6 Å². The molecule has 1 aromatic carbocycles. The van der Waals surface area contributed by atoms with Gasteiger partial charge in [0.15, 0.2) is 0 Å². The fourth-order valence-electron chi connectivity index (χ4n) is 4.66. The molecule has 0 radical (unpaired) electrons. The number of nitrogens with one attached hydrogen (secondary N) is 7. The molecule has 284 valence electrons. The third-order valence-corrected chi connectivity index (χ3v) is 7.46.